The van der Waals surface area contributed by atoms with Crippen LogP contribution in [0.2, 0.25) is 0 Å². The number of benzene rings is 1. The number of nitrogens with one attached hydrogen (secondary N) is 1. The van der Waals surface area contributed by atoms with Crippen LogP contribution in [0.1, 0.15) is 12.0 Å². The van der Waals surface area contributed by atoms with Crippen LogP contribution < -0.4 is 5.32 Å². The van der Waals surface area contributed by atoms with Gasteiger partial charge in [-0.2, -0.15) is 0 Å². The normalized spacial score (nSPS) is 21.9. The van der Waals surface area contributed by atoms with Crippen LogP contribution in [0.15, 0.2) is 18.2 Å². The Morgan fingerprint density at radius 3 is 2.78 bits per heavy atom. The molecule has 0 amide bonds. The van der Waals surface area contributed by atoms with Crippen molar-refractivity contribution >= 4 is 5.97 Å². The molecule has 5 heteroatoms. The van der Waals surface area contributed by atoms with Gasteiger partial charge in [0.1, 0.15) is 0 Å². The Bertz CT molecular complexity index is 451. The Hall–Kier alpha value is -1.49. The Labute approximate surface area is 104 Å². The zero-order chi connectivity index (χ0) is 13.1. The smallest absolute Gasteiger partial charge is 0.306 e. The third-order valence-electron chi connectivity index (χ3n) is 3.22. The molecule has 0 bridgehead atoms. The van der Waals surface area contributed by atoms with E-state index < -0.39 is 17.6 Å². The van der Waals surface area contributed by atoms with E-state index in [-0.39, 0.29) is 11.8 Å². The van der Waals surface area contributed by atoms with Crippen LogP contribution in [-0.2, 0) is 11.2 Å². The molecule has 1 aromatic rings. The van der Waals surface area contributed by atoms with Crippen molar-refractivity contribution in [3.63, 3.8) is 0 Å². The lowest BCUT2D eigenvalue weighted by Gasteiger charge is -2.04. The van der Waals surface area contributed by atoms with Gasteiger partial charge in [-0.3, -0.25) is 4.79 Å². The van der Waals surface area contributed by atoms with E-state index in [0.29, 0.717) is 19.5 Å². The first-order chi connectivity index (χ1) is 8.58. The number of halogens is 2. The summed E-state index contributed by atoms with van der Waals surface area (Å²) in [6.45, 7) is 1.30. The van der Waals surface area contributed by atoms with E-state index in [4.69, 9.17) is 5.11 Å². The summed E-state index contributed by atoms with van der Waals surface area (Å²) in [7, 11) is 0. The molecule has 0 spiro atoms. The van der Waals surface area contributed by atoms with Crippen LogP contribution in [0.3, 0.4) is 0 Å². The van der Waals surface area contributed by atoms with Crippen molar-refractivity contribution in [1.82, 2.24) is 5.32 Å². The maximum atomic E-state index is 12.9. The van der Waals surface area contributed by atoms with E-state index >= 15 is 0 Å². The van der Waals surface area contributed by atoms with Gasteiger partial charge in [0, 0.05) is 0 Å². The summed E-state index contributed by atoms with van der Waals surface area (Å²) in [4.78, 5) is 10.6. The predicted octanol–water partition coefficient (Wildman–Crippen LogP) is 1.82. The van der Waals surface area contributed by atoms with Crippen molar-refractivity contribution < 1.29 is 18.7 Å². The average molecular weight is 255 g/mol. The van der Waals surface area contributed by atoms with Gasteiger partial charge in [0.2, 0.25) is 0 Å². The van der Waals surface area contributed by atoms with Gasteiger partial charge in [0.25, 0.3) is 0 Å². The molecule has 98 valence electrons. The third kappa shape index (κ3) is 3.26. The van der Waals surface area contributed by atoms with Crippen molar-refractivity contribution in [3.05, 3.63) is 35.4 Å². The summed E-state index contributed by atoms with van der Waals surface area (Å²) < 4.78 is 25.6. The molecule has 1 aliphatic carbocycles. The highest BCUT2D eigenvalue weighted by atomic mass is 19.2. The minimum absolute atomic E-state index is 0.208. The highest BCUT2D eigenvalue weighted by Crippen LogP contribution is 2.37. The summed E-state index contributed by atoms with van der Waals surface area (Å²) in [5, 5.41) is 11.8. The van der Waals surface area contributed by atoms with Gasteiger partial charge in [0.05, 0.1) is 5.92 Å². The number of carbonyl (C=O) groups is 1. The van der Waals surface area contributed by atoms with Gasteiger partial charge in [-0.15, -0.1) is 0 Å². The first-order valence-electron chi connectivity index (χ1n) is 5.95. The van der Waals surface area contributed by atoms with E-state index in [1.807, 2.05) is 0 Å². The van der Waals surface area contributed by atoms with Crippen LogP contribution in [0.5, 0.6) is 0 Å². The van der Waals surface area contributed by atoms with E-state index in [1.165, 1.54) is 6.07 Å². The van der Waals surface area contributed by atoms with Crippen molar-refractivity contribution in [1.29, 1.82) is 0 Å². The maximum absolute atomic E-state index is 12.9. The number of carboxylic acids is 1. The van der Waals surface area contributed by atoms with E-state index in [0.717, 1.165) is 18.1 Å². The molecule has 2 rings (SSSR count). The van der Waals surface area contributed by atoms with Gasteiger partial charge in [0.15, 0.2) is 11.6 Å². The Morgan fingerprint density at radius 2 is 2.17 bits per heavy atom. The molecule has 0 aliphatic heterocycles. The number of carboxylic acid groups (broad SMARTS) is 1. The maximum Gasteiger partial charge on any atom is 0.306 e. The molecule has 1 fully saturated rings. The van der Waals surface area contributed by atoms with Crippen LogP contribution in [0, 0.1) is 23.5 Å². The highest BCUT2D eigenvalue weighted by Gasteiger charge is 2.42. The standard InChI is InChI=1S/C13H15F2NO2/c14-11-2-1-8(5-12(11)15)3-4-16-7-9-6-10(9)13(17)18/h1-2,5,9-10,16H,3-4,6-7H2,(H,17,18). The average Bonchev–Trinajstić information content (AvgIpc) is 3.09. The number of hydrogen-bond donors (Lipinski definition) is 2. The zero-order valence-corrected chi connectivity index (χ0v) is 9.83. The Balaban J connectivity index is 1.67. The first-order valence-corrected chi connectivity index (χ1v) is 5.95. The topological polar surface area (TPSA) is 49.3 Å². The summed E-state index contributed by atoms with van der Waals surface area (Å²) >= 11 is 0. The van der Waals surface area contributed by atoms with Crippen molar-refractivity contribution in [2.75, 3.05) is 13.1 Å². The van der Waals surface area contributed by atoms with Gasteiger partial charge >= 0.3 is 5.97 Å². The molecule has 1 aromatic carbocycles. The lowest BCUT2D eigenvalue weighted by Crippen LogP contribution is -2.21. The summed E-state index contributed by atoms with van der Waals surface area (Å²) in [6, 6.07) is 3.86. The number of rotatable bonds is 6. The van der Waals surface area contributed by atoms with Gasteiger partial charge < -0.3 is 10.4 Å². The minimum Gasteiger partial charge on any atom is -0.481 e. The Kier molecular flexibility index (Phi) is 3.91. The fourth-order valence-electron chi connectivity index (χ4n) is 1.99. The second-order valence-electron chi connectivity index (χ2n) is 4.64. The van der Waals surface area contributed by atoms with Crippen LogP contribution >= 0.6 is 0 Å². The van der Waals surface area contributed by atoms with Crippen LogP contribution in [-0.4, -0.2) is 24.2 Å². The monoisotopic (exact) mass is 255 g/mol. The highest BCUT2D eigenvalue weighted by molar-refractivity contribution is 5.73. The molecule has 18 heavy (non-hydrogen) atoms. The molecule has 2 N–H and O–H groups in total. The van der Waals surface area contributed by atoms with Gasteiger partial charge in [-0.1, -0.05) is 6.07 Å². The van der Waals surface area contributed by atoms with Crippen molar-refractivity contribution in [2.24, 2.45) is 11.8 Å². The van der Waals surface area contributed by atoms with Crippen molar-refractivity contribution in [3.8, 4) is 0 Å². The molecule has 0 aromatic heterocycles. The quantitative estimate of drug-likeness (QED) is 0.762. The van der Waals surface area contributed by atoms with Gasteiger partial charge in [-0.05, 0) is 49.5 Å². The molecule has 0 saturated heterocycles. The van der Waals surface area contributed by atoms with Gasteiger partial charge in [-0.25, -0.2) is 8.78 Å². The molecule has 2 atom stereocenters. The molecule has 0 radical (unpaired) electrons. The second-order valence-corrected chi connectivity index (χ2v) is 4.64. The molecular weight excluding hydrogens is 240 g/mol. The molecule has 1 saturated carbocycles. The lowest BCUT2D eigenvalue weighted by molar-refractivity contribution is -0.138. The second kappa shape index (κ2) is 5.44. The van der Waals surface area contributed by atoms with E-state index in [2.05, 4.69) is 5.32 Å². The molecule has 0 heterocycles. The molecule has 2 unspecified atom stereocenters. The largest absolute Gasteiger partial charge is 0.481 e. The predicted molar refractivity (Wildman–Crippen MR) is 62.2 cm³/mol. The Morgan fingerprint density at radius 1 is 1.39 bits per heavy atom. The lowest BCUT2D eigenvalue weighted by atomic mass is 10.1. The van der Waals surface area contributed by atoms with E-state index in [9.17, 15) is 13.6 Å². The van der Waals surface area contributed by atoms with Crippen LogP contribution in [0.25, 0.3) is 0 Å². The van der Waals surface area contributed by atoms with E-state index in [1.54, 1.807) is 6.07 Å². The number of hydrogen-bond acceptors (Lipinski definition) is 2. The first kappa shape index (κ1) is 13.0. The molecular formula is C13H15F2NO2. The fraction of sp³-hybridized carbons (Fsp3) is 0.462. The zero-order valence-electron chi connectivity index (χ0n) is 9.83. The SMILES string of the molecule is O=C(O)C1CC1CNCCc1ccc(F)c(F)c1. The van der Waals surface area contributed by atoms with Crippen molar-refractivity contribution in [2.45, 2.75) is 12.8 Å². The molecule has 1 aliphatic rings. The third-order valence-corrected chi connectivity index (χ3v) is 3.22. The summed E-state index contributed by atoms with van der Waals surface area (Å²) in [5.74, 6) is -2.40. The molecule has 3 nitrogen and oxygen atoms in total. The number of aliphatic carboxylic acids is 1. The minimum atomic E-state index is -0.839. The summed E-state index contributed by atoms with van der Waals surface area (Å²) in [6.07, 6.45) is 1.33. The van der Waals surface area contributed by atoms with Crippen LogP contribution in [0.4, 0.5) is 8.78 Å². The summed E-state index contributed by atoms with van der Waals surface area (Å²) in [5.41, 5.74) is 0.729. The fourth-order valence-corrected chi connectivity index (χ4v) is 1.99.